The Morgan fingerprint density at radius 1 is 1.57 bits per heavy atom. The molecule has 1 N–H and O–H groups in total. The summed E-state index contributed by atoms with van der Waals surface area (Å²) in [4.78, 5) is 15.7. The molecular weight excluding hydrogens is 218 g/mol. The Kier molecular flexibility index (Phi) is 2.35. The van der Waals surface area contributed by atoms with Gasteiger partial charge in [-0.25, -0.2) is 9.78 Å². The molecule has 0 saturated carbocycles. The van der Waals surface area contributed by atoms with Gasteiger partial charge in [-0.1, -0.05) is 0 Å². The monoisotopic (exact) mass is 225 g/mol. The third kappa shape index (κ3) is 1.56. The van der Waals surface area contributed by atoms with Crippen molar-refractivity contribution in [2.75, 3.05) is 0 Å². The fourth-order valence-electron chi connectivity index (χ4n) is 1.15. The number of hydrogen-bond donors (Lipinski definition) is 1. The quantitative estimate of drug-likeness (QED) is 0.855. The Labute approximate surface area is 88.7 Å². The summed E-state index contributed by atoms with van der Waals surface area (Å²) in [7, 11) is 0. The highest BCUT2D eigenvalue weighted by atomic mass is 32.1. The van der Waals surface area contributed by atoms with E-state index in [9.17, 15) is 4.79 Å². The molecule has 0 bridgehead atoms. The molecule has 0 radical (unpaired) electrons. The van der Waals surface area contributed by atoms with E-state index in [1.54, 1.807) is 11.3 Å². The van der Waals surface area contributed by atoms with Crippen molar-refractivity contribution in [1.29, 1.82) is 0 Å². The SMILES string of the molecule is Cc1sc(C(=O)O)nc1-c1ccsc1. The maximum absolute atomic E-state index is 10.7. The van der Waals surface area contributed by atoms with Crippen LogP contribution in [0, 0.1) is 6.92 Å². The lowest BCUT2D eigenvalue weighted by Gasteiger charge is -1.90. The van der Waals surface area contributed by atoms with Crippen LogP contribution in [0.2, 0.25) is 0 Å². The summed E-state index contributed by atoms with van der Waals surface area (Å²) >= 11 is 2.79. The summed E-state index contributed by atoms with van der Waals surface area (Å²) in [5.74, 6) is -0.959. The molecule has 2 aromatic heterocycles. The fraction of sp³-hybridized carbons (Fsp3) is 0.111. The molecule has 2 aromatic rings. The first-order valence-electron chi connectivity index (χ1n) is 3.92. The van der Waals surface area contributed by atoms with Gasteiger partial charge in [-0.15, -0.1) is 11.3 Å². The Morgan fingerprint density at radius 3 is 2.86 bits per heavy atom. The maximum atomic E-state index is 10.7. The summed E-state index contributed by atoms with van der Waals surface area (Å²) in [5.41, 5.74) is 1.78. The molecule has 0 amide bonds. The third-order valence-corrected chi connectivity index (χ3v) is 3.42. The van der Waals surface area contributed by atoms with Crippen LogP contribution < -0.4 is 0 Å². The molecule has 0 unspecified atom stereocenters. The standard InChI is InChI=1S/C9H7NO2S2/c1-5-7(6-2-3-13-4-6)10-8(14-5)9(11)12/h2-4H,1H3,(H,11,12). The van der Waals surface area contributed by atoms with Gasteiger partial charge in [0.1, 0.15) is 0 Å². The molecule has 0 aliphatic rings. The van der Waals surface area contributed by atoms with Gasteiger partial charge in [0.2, 0.25) is 5.01 Å². The van der Waals surface area contributed by atoms with Gasteiger partial charge in [-0.3, -0.25) is 0 Å². The number of carboxylic acids is 1. The Balaban J connectivity index is 2.50. The van der Waals surface area contributed by atoms with Crippen molar-refractivity contribution in [1.82, 2.24) is 4.98 Å². The number of hydrogen-bond acceptors (Lipinski definition) is 4. The molecule has 2 rings (SSSR count). The normalized spacial score (nSPS) is 10.4. The average Bonchev–Trinajstić information content (AvgIpc) is 2.71. The zero-order valence-electron chi connectivity index (χ0n) is 7.35. The van der Waals surface area contributed by atoms with Crippen LogP contribution in [-0.4, -0.2) is 16.1 Å². The number of thiophene rings is 1. The van der Waals surface area contributed by atoms with Gasteiger partial charge in [0.25, 0.3) is 0 Å². The van der Waals surface area contributed by atoms with E-state index in [0.29, 0.717) is 0 Å². The van der Waals surface area contributed by atoms with E-state index in [2.05, 4.69) is 4.98 Å². The summed E-state index contributed by atoms with van der Waals surface area (Å²) in [5, 5.41) is 12.8. The number of carbonyl (C=O) groups is 1. The first kappa shape index (κ1) is 9.36. The van der Waals surface area contributed by atoms with Gasteiger partial charge >= 0.3 is 5.97 Å². The van der Waals surface area contributed by atoms with Crippen LogP contribution in [0.15, 0.2) is 16.8 Å². The van der Waals surface area contributed by atoms with Crippen molar-refractivity contribution < 1.29 is 9.90 Å². The number of thiazole rings is 1. The predicted molar refractivity (Wildman–Crippen MR) is 57.1 cm³/mol. The van der Waals surface area contributed by atoms with E-state index in [1.165, 1.54) is 11.3 Å². The van der Waals surface area contributed by atoms with E-state index >= 15 is 0 Å². The van der Waals surface area contributed by atoms with Gasteiger partial charge in [0.15, 0.2) is 0 Å². The van der Waals surface area contributed by atoms with Crippen LogP contribution in [0.25, 0.3) is 11.3 Å². The van der Waals surface area contributed by atoms with Gasteiger partial charge in [-0.05, 0) is 18.4 Å². The van der Waals surface area contributed by atoms with Crippen LogP contribution in [0.4, 0.5) is 0 Å². The molecule has 0 spiro atoms. The van der Waals surface area contributed by atoms with Gasteiger partial charge in [0.05, 0.1) is 5.69 Å². The average molecular weight is 225 g/mol. The summed E-state index contributed by atoms with van der Waals surface area (Å²) in [6, 6.07) is 1.94. The molecule has 2 heterocycles. The van der Waals surface area contributed by atoms with E-state index in [-0.39, 0.29) is 5.01 Å². The van der Waals surface area contributed by atoms with Crippen LogP contribution in [0.1, 0.15) is 14.7 Å². The molecule has 5 heteroatoms. The highest BCUT2D eigenvalue weighted by Gasteiger charge is 2.14. The maximum Gasteiger partial charge on any atom is 0.365 e. The second-order valence-corrected chi connectivity index (χ2v) is 4.72. The smallest absolute Gasteiger partial charge is 0.365 e. The van der Waals surface area contributed by atoms with Gasteiger partial charge in [0, 0.05) is 15.8 Å². The van der Waals surface area contributed by atoms with Crippen LogP contribution in [0.5, 0.6) is 0 Å². The van der Waals surface area contributed by atoms with Crippen LogP contribution in [0.3, 0.4) is 0 Å². The minimum Gasteiger partial charge on any atom is -0.476 e. The Morgan fingerprint density at radius 2 is 2.36 bits per heavy atom. The number of aryl methyl sites for hydroxylation is 1. The van der Waals surface area contributed by atoms with E-state index < -0.39 is 5.97 Å². The van der Waals surface area contributed by atoms with Gasteiger partial charge in [-0.2, -0.15) is 11.3 Å². The predicted octanol–water partition coefficient (Wildman–Crippen LogP) is 2.88. The number of aromatic carboxylic acids is 1. The zero-order chi connectivity index (χ0) is 10.1. The lowest BCUT2D eigenvalue weighted by atomic mass is 10.2. The highest BCUT2D eigenvalue weighted by molar-refractivity contribution is 7.14. The molecule has 0 aliphatic heterocycles. The van der Waals surface area contributed by atoms with E-state index in [0.717, 1.165) is 16.1 Å². The molecule has 14 heavy (non-hydrogen) atoms. The van der Waals surface area contributed by atoms with Gasteiger partial charge < -0.3 is 5.11 Å². The van der Waals surface area contributed by atoms with Crippen molar-refractivity contribution in [2.45, 2.75) is 6.92 Å². The van der Waals surface area contributed by atoms with Crippen LogP contribution >= 0.6 is 22.7 Å². The first-order valence-corrected chi connectivity index (χ1v) is 5.67. The molecule has 0 aromatic carbocycles. The Bertz CT molecular complexity index is 459. The van der Waals surface area contributed by atoms with Crippen molar-refractivity contribution in [3.63, 3.8) is 0 Å². The summed E-state index contributed by atoms with van der Waals surface area (Å²) < 4.78 is 0. The molecule has 3 nitrogen and oxygen atoms in total. The molecule has 0 aliphatic carbocycles. The molecule has 0 fully saturated rings. The Hall–Kier alpha value is -1.20. The number of rotatable bonds is 2. The largest absolute Gasteiger partial charge is 0.476 e. The number of nitrogens with zero attached hydrogens (tertiary/aromatic N) is 1. The van der Waals surface area contributed by atoms with Crippen molar-refractivity contribution in [2.24, 2.45) is 0 Å². The molecular formula is C9H7NO2S2. The number of carboxylic acid groups (broad SMARTS) is 1. The van der Waals surface area contributed by atoms with Crippen molar-refractivity contribution in [3.8, 4) is 11.3 Å². The minimum atomic E-state index is -0.959. The topological polar surface area (TPSA) is 50.2 Å². The lowest BCUT2D eigenvalue weighted by molar-refractivity contribution is 0.0696. The van der Waals surface area contributed by atoms with Crippen molar-refractivity contribution >= 4 is 28.6 Å². The first-order chi connectivity index (χ1) is 6.68. The van der Waals surface area contributed by atoms with Crippen molar-refractivity contribution in [3.05, 3.63) is 26.7 Å². The summed E-state index contributed by atoms with van der Waals surface area (Å²) in [6.07, 6.45) is 0. The van der Waals surface area contributed by atoms with Crippen LogP contribution in [-0.2, 0) is 0 Å². The second kappa shape index (κ2) is 3.51. The highest BCUT2D eigenvalue weighted by Crippen LogP contribution is 2.28. The number of aromatic nitrogens is 1. The van der Waals surface area contributed by atoms with E-state index in [1.807, 2.05) is 23.8 Å². The van der Waals surface area contributed by atoms with E-state index in [4.69, 9.17) is 5.11 Å². The fourth-order valence-corrected chi connectivity index (χ4v) is 2.57. The third-order valence-electron chi connectivity index (χ3n) is 1.77. The minimum absolute atomic E-state index is 0.156. The molecule has 0 atom stereocenters. The second-order valence-electron chi connectivity index (χ2n) is 2.74. The lowest BCUT2D eigenvalue weighted by Crippen LogP contribution is -1.93. The zero-order valence-corrected chi connectivity index (χ0v) is 8.98. The summed E-state index contributed by atoms with van der Waals surface area (Å²) in [6.45, 7) is 1.89. The molecule has 0 saturated heterocycles. The molecule has 72 valence electrons.